The number of aromatic amines is 1. The van der Waals surface area contributed by atoms with Crippen LogP contribution in [-0.2, 0) is 0 Å². The van der Waals surface area contributed by atoms with Crippen LogP contribution in [0.1, 0.15) is 24.5 Å². The lowest BCUT2D eigenvalue weighted by atomic mass is 10.2. The van der Waals surface area contributed by atoms with Gasteiger partial charge in [-0.2, -0.15) is 5.10 Å². The molecule has 0 bridgehead atoms. The van der Waals surface area contributed by atoms with Gasteiger partial charge in [-0.3, -0.25) is 10.4 Å². The number of H-pyrrole nitrogens is 1. The quantitative estimate of drug-likeness (QED) is 0.793. The van der Waals surface area contributed by atoms with E-state index in [9.17, 15) is 9.18 Å². The number of nitrogens with one attached hydrogen (secondary N) is 3. The number of hydrogen-bond donors (Lipinski definition) is 3. The number of anilines is 2. The maximum atomic E-state index is 12.7. The van der Waals surface area contributed by atoms with E-state index in [1.165, 1.54) is 12.1 Å². The number of amides is 2. The molecule has 1 aliphatic carbocycles. The summed E-state index contributed by atoms with van der Waals surface area (Å²) in [6.07, 6.45) is 4.84. The van der Waals surface area contributed by atoms with Gasteiger partial charge in [-0.15, -0.1) is 0 Å². The van der Waals surface area contributed by atoms with Crippen LogP contribution in [0.15, 0.2) is 24.5 Å². The number of nitrogens with zero attached hydrogens (tertiary/aromatic N) is 2. The molecule has 0 spiro atoms. The Morgan fingerprint density at radius 2 is 2.16 bits per heavy atom. The van der Waals surface area contributed by atoms with Gasteiger partial charge in [0.25, 0.3) is 0 Å². The first-order valence-corrected chi connectivity index (χ1v) is 5.95. The van der Waals surface area contributed by atoms with Crippen molar-refractivity contribution >= 4 is 17.5 Å². The molecule has 2 aromatic rings. The molecule has 0 unspecified atom stereocenters. The van der Waals surface area contributed by atoms with Crippen molar-refractivity contribution in [3.63, 3.8) is 0 Å². The molecule has 0 radical (unpaired) electrons. The van der Waals surface area contributed by atoms with Gasteiger partial charge < -0.3 is 5.32 Å². The summed E-state index contributed by atoms with van der Waals surface area (Å²) in [6.45, 7) is 0. The summed E-state index contributed by atoms with van der Waals surface area (Å²) in [7, 11) is 0. The van der Waals surface area contributed by atoms with Crippen molar-refractivity contribution < 1.29 is 9.18 Å². The van der Waals surface area contributed by atoms with Gasteiger partial charge in [-0.05, 0) is 25.0 Å². The third-order valence-electron chi connectivity index (χ3n) is 2.87. The molecule has 1 saturated carbocycles. The van der Waals surface area contributed by atoms with Crippen LogP contribution in [-0.4, -0.2) is 21.2 Å². The van der Waals surface area contributed by atoms with Crippen LogP contribution < -0.4 is 10.6 Å². The zero-order valence-electron chi connectivity index (χ0n) is 9.98. The molecule has 3 N–H and O–H groups in total. The van der Waals surface area contributed by atoms with Crippen molar-refractivity contribution in [3.8, 4) is 0 Å². The number of aromatic nitrogens is 3. The summed E-state index contributed by atoms with van der Waals surface area (Å²) in [5.74, 6) is 0.300. The highest BCUT2D eigenvalue weighted by Crippen LogP contribution is 2.42. The lowest BCUT2D eigenvalue weighted by Gasteiger charge is -2.06. The van der Waals surface area contributed by atoms with Crippen LogP contribution in [0, 0.1) is 5.82 Å². The van der Waals surface area contributed by atoms with E-state index in [0.717, 1.165) is 24.7 Å². The second-order valence-corrected chi connectivity index (χ2v) is 4.41. The van der Waals surface area contributed by atoms with Crippen LogP contribution in [0.4, 0.5) is 20.7 Å². The Hall–Kier alpha value is -2.44. The zero-order chi connectivity index (χ0) is 13.2. The summed E-state index contributed by atoms with van der Waals surface area (Å²) < 4.78 is 12.7. The van der Waals surface area contributed by atoms with Gasteiger partial charge in [-0.1, -0.05) is 0 Å². The van der Waals surface area contributed by atoms with Gasteiger partial charge in [0.1, 0.15) is 11.6 Å². The van der Waals surface area contributed by atoms with Crippen molar-refractivity contribution in [3.05, 3.63) is 36.0 Å². The van der Waals surface area contributed by atoms with Gasteiger partial charge in [0, 0.05) is 5.92 Å². The fourth-order valence-electron chi connectivity index (χ4n) is 1.80. The van der Waals surface area contributed by atoms with E-state index in [4.69, 9.17) is 0 Å². The number of urea groups is 1. The average molecular weight is 261 g/mol. The molecule has 1 fully saturated rings. The maximum absolute atomic E-state index is 12.7. The highest BCUT2D eigenvalue weighted by atomic mass is 19.1. The number of carbonyl (C=O) groups is 1. The van der Waals surface area contributed by atoms with E-state index >= 15 is 0 Å². The summed E-state index contributed by atoms with van der Waals surface area (Å²) >= 11 is 0. The van der Waals surface area contributed by atoms with Crippen molar-refractivity contribution in [2.24, 2.45) is 0 Å². The number of carbonyl (C=O) groups excluding carboxylic acids is 1. The SMILES string of the molecule is O=C(Nc1ccc(F)cn1)Nc1cn[nH]c1C1CC1. The van der Waals surface area contributed by atoms with Gasteiger partial charge in [-0.25, -0.2) is 14.2 Å². The molecule has 7 heteroatoms. The largest absolute Gasteiger partial charge is 0.324 e. The van der Waals surface area contributed by atoms with E-state index < -0.39 is 11.8 Å². The van der Waals surface area contributed by atoms with Crippen LogP contribution in [0.3, 0.4) is 0 Å². The van der Waals surface area contributed by atoms with Crippen molar-refractivity contribution in [2.75, 3.05) is 10.6 Å². The molecule has 0 saturated heterocycles. The van der Waals surface area contributed by atoms with E-state index in [0.29, 0.717) is 11.6 Å². The van der Waals surface area contributed by atoms with E-state index in [2.05, 4.69) is 25.8 Å². The molecule has 0 aliphatic heterocycles. The van der Waals surface area contributed by atoms with Crippen LogP contribution in [0.25, 0.3) is 0 Å². The predicted molar refractivity (Wildman–Crippen MR) is 67.4 cm³/mol. The highest BCUT2D eigenvalue weighted by Gasteiger charge is 2.28. The Balaban J connectivity index is 1.64. The molecule has 1 aliphatic rings. The zero-order valence-corrected chi connectivity index (χ0v) is 9.98. The summed E-state index contributed by atoms with van der Waals surface area (Å²) in [5, 5.41) is 12.0. The van der Waals surface area contributed by atoms with Crippen LogP contribution >= 0.6 is 0 Å². The monoisotopic (exact) mass is 261 g/mol. The Labute approximate surface area is 108 Å². The third-order valence-corrected chi connectivity index (χ3v) is 2.87. The molecule has 98 valence electrons. The second-order valence-electron chi connectivity index (χ2n) is 4.41. The standard InChI is InChI=1S/C12H12FN5O/c13-8-3-4-10(14-5-8)17-12(19)16-9-6-15-18-11(9)7-1-2-7/h3-7H,1-2H2,(H,15,18)(H2,14,16,17,19). The summed E-state index contributed by atoms with van der Waals surface area (Å²) in [5.41, 5.74) is 1.62. The molecule has 19 heavy (non-hydrogen) atoms. The third kappa shape index (κ3) is 2.70. The highest BCUT2D eigenvalue weighted by molar-refractivity contribution is 5.99. The average Bonchev–Trinajstić information content (AvgIpc) is 3.13. The first kappa shape index (κ1) is 11.6. The van der Waals surface area contributed by atoms with Gasteiger partial charge in [0.05, 0.1) is 23.8 Å². The van der Waals surface area contributed by atoms with Crippen LogP contribution in [0.5, 0.6) is 0 Å². The summed E-state index contributed by atoms with van der Waals surface area (Å²) in [6, 6.07) is 2.20. The molecular formula is C12H12FN5O. The minimum absolute atomic E-state index is 0.287. The summed E-state index contributed by atoms with van der Waals surface area (Å²) in [4.78, 5) is 15.5. The second kappa shape index (κ2) is 4.68. The molecule has 2 aromatic heterocycles. The van der Waals surface area contributed by atoms with Gasteiger partial charge >= 0.3 is 6.03 Å². The predicted octanol–water partition coefficient (Wildman–Crippen LogP) is 2.47. The topological polar surface area (TPSA) is 82.7 Å². The van der Waals surface area contributed by atoms with E-state index in [1.807, 2.05) is 0 Å². The first-order chi connectivity index (χ1) is 9.22. The molecule has 2 heterocycles. The molecule has 0 aromatic carbocycles. The normalized spacial score (nSPS) is 14.2. The van der Waals surface area contributed by atoms with Crippen molar-refractivity contribution in [1.29, 1.82) is 0 Å². The Morgan fingerprint density at radius 3 is 2.84 bits per heavy atom. The molecule has 0 atom stereocenters. The Bertz CT molecular complexity index is 590. The minimum atomic E-state index is -0.447. The van der Waals surface area contributed by atoms with E-state index in [-0.39, 0.29) is 5.82 Å². The van der Waals surface area contributed by atoms with Crippen molar-refractivity contribution in [2.45, 2.75) is 18.8 Å². The molecule has 2 amide bonds. The van der Waals surface area contributed by atoms with Crippen LogP contribution in [0.2, 0.25) is 0 Å². The Kier molecular flexibility index (Phi) is 2.86. The van der Waals surface area contributed by atoms with Gasteiger partial charge in [0.15, 0.2) is 0 Å². The number of rotatable bonds is 3. The molecule has 3 rings (SSSR count). The Morgan fingerprint density at radius 1 is 1.32 bits per heavy atom. The van der Waals surface area contributed by atoms with Crippen molar-refractivity contribution in [1.82, 2.24) is 15.2 Å². The number of halogens is 1. The molecule has 6 nitrogen and oxygen atoms in total. The van der Waals surface area contributed by atoms with E-state index in [1.54, 1.807) is 6.20 Å². The lowest BCUT2D eigenvalue weighted by molar-refractivity contribution is 0.262. The fraction of sp³-hybridized carbons (Fsp3) is 0.250. The number of pyridine rings is 1. The maximum Gasteiger partial charge on any atom is 0.324 e. The van der Waals surface area contributed by atoms with Gasteiger partial charge in [0.2, 0.25) is 0 Å². The minimum Gasteiger partial charge on any atom is -0.305 e. The molecular weight excluding hydrogens is 249 g/mol. The fourth-order valence-corrected chi connectivity index (χ4v) is 1.80. The smallest absolute Gasteiger partial charge is 0.305 e. The first-order valence-electron chi connectivity index (χ1n) is 5.95. The number of hydrogen-bond acceptors (Lipinski definition) is 3. The lowest BCUT2D eigenvalue weighted by Crippen LogP contribution is -2.20.